The van der Waals surface area contributed by atoms with Gasteiger partial charge >= 0.3 is 0 Å². The average Bonchev–Trinajstić information content (AvgIpc) is 2.89. The summed E-state index contributed by atoms with van der Waals surface area (Å²) in [7, 11) is 1.56. The van der Waals surface area contributed by atoms with Crippen LogP contribution in [0.15, 0.2) is 48.7 Å². The van der Waals surface area contributed by atoms with Crippen LogP contribution >= 0.6 is 0 Å². The molecule has 1 fully saturated rings. The van der Waals surface area contributed by atoms with Gasteiger partial charge in [-0.15, -0.1) is 0 Å². The molecule has 0 unspecified atom stereocenters. The molecule has 1 aliphatic heterocycles. The molecule has 1 saturated heterocycles. The van der Waals surface area contributed by atoms with E-state index in [-0.39, 0.29) is 12.3 Å². The molecule has 0 amide bonds. The molecule has 35 heavy (non-hydrogen) atoms. The number of nitrogens with two attached hydrogens (primary N) is 1. The van der Waals surface area contributed by atoms with Gasteiger partial charge in [0, 0.05) is 31.0 Å². The molecule has 0 saturated carbocycles. The molecule has 0 spiro atoms. The highest BCUT2D eigenvalue weighted by molar-refractivity contribution is 5.79. The summed E-state index contributed by atoms with van der Waals surface area (Å²) < 4.78 is 16.8. The summed E-state index contributed by atoms with van der Waals surface area (Å²) in [6.07, 6.45) is 4.90. The maximum Gasteiger partial charge on any atom is 0.144 e. The highest BCUT2D eigenvalue weighted by Gasteiger charge is 2.18. The molecule has 0 bridgehead atoms. The van der Waals surface area contributed by atoms with E-state index < -0.39 is 0 Å². The van der Waals surface area contributed by atoms with Crippen molar-refractivity contribution in [1.29, 1.82) is 10.7 Å². The Morgan fingerprint density at radius 2 is 2.00 bits per heavy atom. The maximum atomic E-state index is 9.67. The van der Waals surface area contributed by atoms with Crippen molar-refractivity contribution in [2.45, 2.75) is 25.4 Å². The average molecular weight is 476 g/mol. The summed E-state index contributed by atoms with van der Waals surface area (Å²) in [5.41, 5.74) is 3.54. The lowest BCUT2D eigenvalue weighted by molar-refractivity contribution is 0.0254. The summed E-state index contributed by atoms with van der Waals surface area (Å²) in [6.45, 7) is 1.35. The number of hydrogen-bond acceptors (Lipinski definition) is 9. The molecule has 1 aliphatic rings. The zero-order chi connectivity index (χ0) is 23.9. The van der Waals surface area contributed by atoms with Crippen LogP contribution in [0.4, 0.5) is 5.69 Å². The summed E-state index contributed by atoms with van der Waals surface area (Å²) in [5.74, 6) is 7.56. The summed E-state index contributed by atoms with van der Waals surface area (Å²) in [5, 5.41) is 18.2. The monoisotopic (exact) mass is 475 g/mol. The molecular formula is C25H29N7O3. The van der Waals surface area contributed by atoms with Crippen LogP contribution in [-0.4, -0.2) is 42.7 Å². The maximum absolute atomic E-state index is 9.67. The van der Waals surface area contributed by atoms with Gasteiger partial charge in [-0.25, -0.2) is 15.8 Å². The van der Waals surface area contributed by atoms with Gasteiger partial charge in [0.2, 0.25) is 0 Å². The molecule has 0 radical (unpaired) electrons. The van der Waals surface area contributed by atoms with Crippen molar-refractivity contribution < 1.29 is 14.2 Å². The van der Waals surface area contributed by atoms with Crippen LogP contribution in [0.3, 0.4) is 0 Å². The molecule has 0 aliphatic carbocycles. The number of hydrogen-bond donors (Lipinski definition) is 3. The van der Waals surface area contributed by atoms with E-state index in [1.165, 1.54) is 5.01 Å². The lowest BCUT2D eigenvalue weighted by atomic mass is 10.1. The van der Waals surface area contributed by atoms with E-state index >= 15 is 0 Å². The number of aromatic nitrogens is 2. The topological polar surface area (TPSA) is 165 Å². The van der Waals surface area contributed by atoms with Gasteiger partial charge < -0.3 is 20.4 Å². The Morgan fingerprint density at radius 1 is 1.20 bits per heavy atom. The molecule has 3 aromatic rings. The molecule has 10 nitrogen and oxygen atoms in total. The standard InChI is InChI=1S/C25H26N6O3.H3N/c1-32-24-12-17(2-4-22(24)31(28)16-27)13-25-29-9-6-21(30-25)18-3-5-23(19(14-18)15-26)34-20-7-10-33-11-8-20;/h2-6,9,12,14,16,20,27H,7-8,10-11,13,28H2,1H3;1H3. The summed E-state index contributed by atoms with van der Waals surface area (Å²) >= 11 is 0. The lowest BCUT2D eigenvalue weighted by Crippen LogP contribution is -2.28. The fourth-order valence-electron chi connectivity index (χ4n) is 3.80. The molecule has 2 aromatic carbocycles. The number of nitriles is 1. The highest BCUT2D eigenvalue weighted by atomic mass is 16.5. The van der Waals surface area contributed by atoms with E-state index in [0.29, 0.717) is 48.2 Å². The smallest absolute Gasteiger partial charge is 0.144 e. The van der Waals surface area contributed by atoms with Crippen molar-refractivity contribution >= 4 is 12.0 Å². The van der Waals surface area contributed by atoms with Crippen LogP contribution < -0.4 is 26.5 Å². The second-order valence-corrected chi connectivity index (χ2v) is 7.83. The number of ether oxygens (including phenoxy) is 3. The van der Waals surface area contributed by atoms with Gasteiger partial charge in [-0.3, -0.25) is 10.4 Å². The van der Waals surface area contributed by atoms with Gasteiger partial charge in [0.25, 0.3) is 0 Å². The molecule has 4 rings (SSSR count). The first-order valence-electron chi connectivity index (χ1n) is 10.9. The summed E-state index contributed by atoms with van der Waals surface area (Å²) in [4.78, 5) is 9.10. The Hall–Kier alpha value is -4.04. The van der Waals surface area contributed by atoms with E-state index in [9.17, 15) is 5.26 Å². The molecule has 2 heterocycles. The van der Waals surface area contributed by atoms with Gasteiger partial charge in [0.05, 0.1) is 31.6 Å². The third-order valence-electron chi connectivity index (χ3n) is 5.59. The van der Waals surface area contributed by atoms with Crippen LogP contribution in [0, 0.1) is 16.7 Å². The van der Waals surface area contributed by atoms with E-state index in [2.05, 4.69) is 11.1 Å². The molecule has 6 N–H and O–H groups in total. The molecular weight excluding hydrogens is 446 g/mol. The van der Waals surface area contributed by atoms with Crippen molar-refractivity contribution in [3.8, 4) is 28.8 Å². The van der Waals surface area contributed by atoms with Gasteiger partial charge in [0.1, 0.15) is 41.5 Å². The Labute approximate surface area is 204 Å². The fourth-order valence-corrected chi connectivity index (χ4v) is 3.80. The number of nitrogens with zero attached hydrogens (tertiary/aromatic N) is 4. The largest absolute Gasteiger partial charge is 0.495 e. The van der Waals surface area contributed by atoms with E-state index in [4.69, 9.17) is 30.4 Å². The Kier molecular flexibility index (Phi) is 8.69. The number of methoxy groups -OCH3 is 1. The van der Waals surface area contributed by atoms with Crippen molar-refractivity contribution in [3.63, 3.8) is 0 Å². The van der Waals surface area contributed by atoms with Crippen molar-refractivity contribution in [3.05, 3.63) is 65.6 Å². The Bertz CT molecular complexity index is 1210. The second-order valence-electron chi connectivity index (χ2n) is 7.83. The predicted octanol–water partition coefficient (Wildman–Crippen LogP) is 3.62. The third-order valence-corrected chi connectivity index (χ3v) is 5.59. The first kappa shape index (κ1) is 25.6. The minimum absolute atomic E-state index is 0. The van der Waals surface area contributed by atoms with Gasteiger partial charge in [0.15, 0.2) is 0 Å². The van der Waals surface area contributed by atoms with Crippen molar-refractivity contribution in [2.24, 2.45) is 5.84 Å². The van der Waals surface area contributed by atoms with Crippen LogP contribution in [-0.2, 0) is 11.2 Å². The fraction of sp³-hybridized carbons (Fsp3) is 0.280. The number of rotatable bonds is 8. The van der Waals surface area contributed by atoms with E-state index in [1.807, 2.05) is 30.3 Å². The van der Waals surface area contributed by atoms with Gasteiger partial charge in [-0.2, -0.15) is 5.26 Å². The predicted molar refractivity (Wildman–Crippen MR) is 133 cm³/mol. The molecule has 0 atom stereocenters. The van der Waals surface area contributed by atoms with Crippen molar-refractivity contribution in [1.82, 2.24) is 16.1 Å². The number of anilines is 1. The minimum Gasteiger partial charge on any atom is -0.495 e. The SMILES string of the molecule is COc1cc(Cc2nccc(-c3ccc(OC4CCOCC4)c(C#N)c3)n2)ccc1N(N)C=N.N. The minimum atomic E-state index is 0. The first-order valence-corrected chi connectivity index (χ1v) is 10.9. The number of nitrogens with one attached hydrogen (secondary N) is 1. The molecule has 10 heteroatoms. The van der Waals surface area contributed by atoms with E-state index in [1.54, 1.807) is 25.4 Å². The number of hydrazine groups is 1. The first-order chi connectivity index (χ1) is 16.6. The van der Waals surface area contributed by atoms with Crippen molar-refractivity contribution in [2.75, 3.05) is 25.3 Å². The second kappa shape index (κ2) is 11.9. The van der Waals surface area contributed by atoms with Crippen LogP contribution in [0.2, 0.25) is 0 Å². The molecule has 182 valence electrons. The van der Waals surface area contributed by atoms with E-state index in [0.717, 1.165) is 36.0 Å². The molecule has 1 aromatic heterocycles. The van der Waals surface area contributed by atoms with Gasteiger partial charge in [-0.1, -0.05) is 6.07 Å². The Morgan fingerprint density at radius 3 is 2.71 bits per heavy atom. The van der Waals surface area contributed by atoms with Gasteiger partial charge in [-0.05, 0) is 42.0 Å². The normalized spacial score (nSPS) is 13.3. The van der Waals surface area contributed by atoms with Crippen LogP contribution in [0.1, 0.15) is 29.8 Å². The Balaban J connectivity index is 0.00000342. The lowest BCUT2D eigenvalue weighted by Gasteiger charge is -2.23. The quantitative estimate of drug-likeness (QED) is 0.191. The number of benzene rings is 2. The zero-order valence-corrected chi connectivity index (χ0v) is 19.6. The summed E-state index contributed by atoms with van der Waals surface area (Å²) in [6, 6.07) is 15.1. The highest BCUT2D eigenvalue weighted by Crippen LogP contribution is 2.29. The van der Waals surface area contributed by atoms with Crippen LogP contribution in [0.5, 0.6) is 11.5 Å². The van der Waals surface area contributed by atoms with Crippen LogP contribution in [0.25, 0.3) is 11.3 Å². The third kappa shape index (κ3) is 6.10. The zero-order valence-electron chi connectivity index (χ0n) is 19.6.